The number of carbonyl (C=O) groups excluding carboxylic acids is 3. The molecule has 3 amide bonds. The van der Waals surface area contributed by atoms with Crippen LogP contribution in [-0.2, 0) is 19.2 Å². The largest absolute Gasteiger partial charge is 0.480 e. The van der Waals surface area contributed by atoms with Crippen LogP contribution in [0.5, 0.6) is 0 Å². The van der Waals surface area contributed by atoms with Gasteiger partial charge in [-0.05, 0) is 6.92 Å². The van der Waals surface area contributed by atoms with Crippen molar-refractivity contribution in [2.24, 2.45) is 5.73 Å². The van der Waals surface area contributed by atoms with Crippen LogP contribution >= 0.6 is 0 Å². The van der Waals surface area contributed by atoms with Gasteiger partial charge in [-0.2, -0.15) is 0 Å². The molecule has 26 heavy (non-hydrogen) atoms. The Morgan fingerprint density at radius 1 is 0.846 bits per heavy atom. The maximum Gasteiger partial charge on any atom is 0.328 e. The molecule has 150 valence electrons. The Morgan fingerprint density at radius 3 is 1.73 bits per heavy atom. The Morgan fingerprint density at radius 2 is 1.35 bits per heavy atom. The summed E-state index contributed by atoms with van der Waals surface area (Å²) in [4.78, 5) is 46.4. The van der Waals surface area contributed by atoms with Crippen molar-refractivity contribution in [3.05, 3.63) is 0 Å². The second-order valence-electron chi connectivity index (χ2n) is 5.34. The molecule has 0 rings (SSSR count). The second kappa shape index (κ2) is 11.3. The number of hydrogen-bond donors (Lipinski definition) is 9. The molecule has 0 aliphatic rings. The third kappa shape index (κ3) is 7.28. The molecular weight excluding hydrogens is 356 g/mol. The Bertz CT molecular complexity index is 514. The number of amides is 3. The molecule has 0 heterocycles. The van der Waals surface area contributed by atoms with Crippen LogP contribution in [0.15, 0.2) is 0 Å². The summed E-state index contributed by atoms with van der Waals surface area (Å²) in [6, 6.07) is -6.17. The number of rotatable bonds is 11. The number of aliphatic hydroxyl groups is 4. The van der Waals surface area contributed by atoms with E-state index in [9.17, 15) is 29.4 Å². The predicted molar refractivity (Wildman–Crippen MR) is 84.3 cm³/mol. The van der Waals surface area contributed by atoms with E-state index in [1.165, 1.54) is 0 Å². The fourth-order valence-electron chi connectivity index (χ4n) is 1.66. The molecule has 0 saturated carbocycles. The summed E-state index contributed by atoms with van der Waals surface area (Å²) in [5, 5.41) is 51.2. The minimum Gasteiger partial charge on any atom is -0.480 e. The van der Waals surface area contributed by atoms with E-state index >= 15 is 0 Å². The van der Waals surface area contributed by atoms with Gasteiger partial charge in [0.05, 0.1) is 25.9 Å². The molecule has 0 aromatic rings. The Balaban J connectivity index is 5.04. The highest BCUT2D eigenvalue weighted by Crippen LogP contribution is 1.97. The van der Waals surface area contributed by atoms with Crippen LogP contribution in [0, 0.1) is 0 Å². The van der Waals surface area contributed by atoms with Gasteiger partial charge in [-0.3, -0.25) is 14.4 Å². The highest BCUT2D eigenvalue weighted by molar-refractivity contribution is 5.94. The molecule has 10 N–H and O–H groups in total. The number of carboxylic acids is 1. The Hall–Kier alpha value is -2.32. The Kier molecular flexibility index (Phi) is 10.3. The molecule has 0 aliphatic carbocycles. The van der Waals surface area contributed by atoms with Crippen LogP contribution < -0.4 is 21.7 Å². The SMILES string of the molecule is CC(O)C(NC(=O)C(N)CO)C(=O)NC(CO)C(=O)NC(CO)C(=O)O. The highest BCUT2D eigenvalue weighted by Gasteiger charge is 2.31. The van der Waals surface area contributed by atoms with Gasteiger partial charge < -0.3 is 47.2 Å². The van der Waals surface area contributed by atoms with Gasteiger partial charge in [0.25, 0.3) is 0 Å². The Labute approximate surface area is 148 Å². The molecular formula is C13H24N4O9. The van der Waals surface area contributed by atoms with Crippen LogP contribution in [0.3, 0.4) is 0 Å². The van der Waals surface area contributed by atoms with E-state index in [1.807, 2.05) is 10.6 Å². The van der Waals surface area contributed by atoms with Crippen LogP contribution in [-0.4, -0.2) is 99.3 Å². The molecule has 0 radical (unpaired) electrons. The highest BCUT2D eigenvalue weighted by atomic mass is 16.4. The van der Waals surface area contributed by atoms with Gasteiger partial charge in [-0.1, -0.05) is 0 Å². The minimum absolute atomic E-state index is 0.709. The molecule has 0 aromatic heterocycles. The quantitative estimate of drug-likeness (QED) is 0.165. The van der Waals surface area contributed by atoms with E-state index < -0.39 is 73.8 Å². The summed E-state index contributed by atoms with van der Waals surface area (Å²) in [7, 11) is 0. The van der Waals surface area contributed by atoms with Crippen LogP contribution in [0.1, 0.15) is 6.92 Å². The number of carboxylic acid groups (broad SMARTS) is 1. The lowest BCUT2D eigenvalue weighted by molar-refractivity contribution is -0.143. The van der Waals surface area contributed by atoms with Gasteiger partial charge in [0, 0.05) is 0 Å². The summed E-state index contributed by atoms with van der Waals surface area (Å²) < 4.78 is 0. The van der Waals surface area contributed by atoms with Gasteiger partial charge in [-0.15, -0.1) is 0 Å². The molecule has 0 spiro atoms. The third-order valence-electron chi connectivity index (χ3n) is 3.21. The van der Waals surface area contributed by atoms with Crippen molar-refractivity contribution < 1.29 is 44.7 Å². The summed E-state index contributed by atoms with van der Waals surface area (Å²) in [6.45, 7) is -1.39. The number of aliphatic carboxylic acids is 1. The molecule has 0 saturated heterocycles. The average molecular weight is 380 g/mol. The van der Waals surface area contributed by atoms with Crippen molar-refractivity contribution in [3.8, 4) is 0 Å². The van der Waals surface area contributed by atoms with Crippen molar-refractivity contribution in [1.82, 2.24) is 16.0 Å². The monoisotopic (exact) mass is 380 g/mol. The lowest BCUT2D eigenvalue weighted by atomic mass is 10.1. The minimum atomic E-state index is -1.65. The maximum atomic E-state index is 12.1. The van der Waals surface area contributed by atoms with E-state index in [0.29, 0.717) is 0 Å². The second-order valence-corrected chi connectivity index (χ2v) is 5.34. The van der Waals surface area contributed by atoms with E-state index in [1.54, 1.807) is 0 Å². The average Bonchev–Trinajstić information content (AvgIpc) is 2.59. The van der Waals surface area contributed by atoms with Crippen molar-refractivity contribution in [3.63, 3.8) is 0 Å². The standard InChI is InChI=1S/C13H24N4O9/c1-5(21)9(17-10(22)6(14)2-18)12(24)15-7(3-19)11(23)16-8(4-20)13(25)26/h5-9,18-21H,2-4,14H2,1H3,(H,15,24)(H,16,23)(H,17,22)(H,25,26). The van der Waals surface area contributed by atoms with E-state index in [0.717, 1.165) is 6.92 Å². The molecule has 5 unspecified atom stereocenters. The summed E-state index contributed by atoms with van der Waals surface area (Å²) in [5.41, 5.74) is 5.28. The molecule has 0 aromatic carbocycles. The molecule has 0 bridgehead atoms. The first-order chi connectivity index (χ1) is 12.1. The zero-order chi connectivity index (χ0) is 20.4. The third-order valence-corrected chi connectivity index (χ3v) is 3.21. The van der Waals surface area contributed by atoms with Gasteiger partial charge in [0.1, 0.15) is 24.2 Å². The number of nitrogens with one attached hydrogen (secondary N) is 3. The summed E-state index contributed by atoms with van der Waals surface area (Å²) in [5.74, 6) is -4.64. The van der Waals surface area contributed by atoms with Crippen molar-refractivity contribution in [1.29, 1.82) is 0 Å². The van der Waals surface area contributed by atoms with Crippen LogP contribution in [0.2, 0.25) is 0 Å². The first-order valence-corrected chi connectivity index (χ1v) is 7.49. The lowest BCUT2D eigenvalue weighted by Gasteiger charge is -2.25. The predicted octanol–water partition coefficient (Wildman–Crippen LogP) is -5.79. The van der Waals surface area contributed by atoms with Crippen molar-refractivity contribution in [2.75, 3.05) is 19.8 Å². The molecule has 0 aliphatic heterocycles. The fourth-order valence-corrected chi connectivity index (χ4v) is 1.66. The molecule has 13 heteroatoms. The fraction of sp³-hybridized carbons (Fsp3) is 0.692. The van der Waals surface area contributed by atoms with Crippen LogP contribution in [0.4, 0.5) is 0 Å². The zero-order valence-electron chi connectivity index (χ0n) is 14.0. The summed E-state index contributed by atoms with van der Waals surface area (Å²) >= 11 is 0. The summed E-state index contributed by atoms with van der Waals surface area (Å²) in [6.07, 6.45) is -1.42. The van der Waals surface area contributed by atoms with Gasteiger partial charge >= 0.3 is 5.97 Å². The number of nitrogens with two attached hydrogens (primary N) is 1. The van der Waals surface area contributed by atoms with Crippen molar-refractivity contribution >= 4 is 23.7 Å². The number of carbonyl (C=O) groups is 4. The van der Waals surface area contributed by atoms with E-state index in [4.69, 9.17) is 21.1 Å². The van der Waals surface area contributed by atoms with Gasteiger partial charge in [0.2, 0.25) is 17.7 Å². The van der Waals surface area contributed by atoms with Gasteiger partial charge in [0.15, 0.2) is 0 Å². The number of aliphatic hydroxyl groups excluding tert-OH is 4. The van der Waals surface area contributed by atoms with Crippen molar-refractivity contribution in [2.45, 2.75) is 37.2 Å². The smallest absolute Gasteiger partial charge is 0.328 e. The van der Waals surface area contributed by atoms with Gasteiger partial charge in [-0.25, -0.2) is 4.79 Å². The van der Waals surface area contributed by atoms with E-state index in [2.05, 4.69) is 5.32 Å². The lowest BCUT2D eigenvalue weighted by Crippen LogP contribution is -2.61. The normalized spacial score (nSPS) is 16.5. The zero-order valence-corrected chi connectivity index (χ0v) is 14.0. The van der Waals surface area contributed by atoms with E-state index in [-0.39, 0.29) is 0 Å². The first-order valence-electron chi connectivity index (χ1n) is 7.49. The van der Waals surface area contributed by atoms with Crippen LogP contribution in [0.25, 0.3) is 0 Å². The molecule has 13 nitrogen and oxygen atoms in total. The first kappa shape index (κ1) is 23.7. The molecule has 5 atom stereocenters. The topological polar surface area (TPSA) is 232 Å². The maximum absolute atomic E-state index is 12.1. The molecule has 0 fully saturated rings. The number of hydrogen-bond acceptors (Lipinski definition) is 9.